The van der Waals surface area contributed by atoms with E-state index in [0.29, 0.717) is 12.8 Å². The molecule has 106 valence electrons. The lowest BCUT2D eigenvalue weighted by Gasteiger charge is -2.09. The van der Waals surface area contributed by atoms with Crippen molar-refractivity contribution in [3.63, 3.8) is 0 Å². The zero-order valence-corrected chi connectivity index (χ0v) is 10.4. The van der Waals surface area contributed by atoms with Gasteiger partial charge in [0.05, 0.1) is 12.7 Å². The number of methoxy groups -OCH3 is 1. The number of rotatable bonds is 5. The molecule has 19 heavy (non-hydrogen) atoms. The van der Waals surface area contributed by atoms with Crippen molar-refractivity contribution in [1.82, 2.24) is 0 Å². The van der Waals surface area contributed by atoms with Gasteiger partial charge in [-0.15, -0.1) is 0 Å². The van der Waals surface area contributed by atoms with Gasteiger partial charge in [-0.05, 0) is 37.0 Å². The molecule has 6 heteroatoms. The summed E-state index contributed by atoms with van der Waals surface area (Å²) in [5, 5.41) is 9.32. The lowest BCUT2D eigenvalue weighted by molar-refractivity contribution is -0.150. The molecule has 1 atom stereocenters. The number of esters is 1. The second-order valence-corrected chi connectivity index (χ2v) is 4.13. The van der Waals surface area contributed by atoms with Crippen LogP contribution in [0.15, 0.2) is 24.3 Å². The van der Waals surface area contributed by atoms with E-state index in [-0.39, 0.29) is 6.42 Å². The average Bonchev–Trinajstić information content (AvgIpc) is 2.37. The molecule has 1 rings (SSSR count). The summed E-state index contributed by atoms with van der Waals surface area (Å²) in [5.41, 5.74) is 0.0379. The first-order valence-electron chi connectivity index (χ1n) is 5.76. The third kappa shape index (κ3) is 4.90. The Morgan fingerprint density at radius 2 is 1.89 bits per heavy atom. The zero-order chi connectivity index (χ0) is 14.5. The van der Waals surface area contributed by atoms with Gasteiger partial charge in [0, 0.05) is 0 Å². The van der Waals surface area contributed by atoms with Crippen molar-refractivity contribution in [2.45, 2.75) is 31.5 Å². The van der Waals surface area contributed by atoms with E-state index in [4.69, 9.17) is 0 Å². The Bertz CT molecular complexity index is 412. The van der Waals surface area contributed by atoms with Gasteiger partial charge in [-0.2, -0.15) is 13.2 Å². The molecular weight excluding hydrogens is 261 g/mol. The molecule has 1 aromatic carbocycles. The van der Waals surface area contributed by atoms with Crippen molar-refractivity contribution in [2.75, 3.05) is 7.11 Å². The van der Waals surface area contributed by atoms with Gasteiger partial charge in [0.25, 0.3) is 0 Å². The van der Waals surface area contributed by atoms with Crippen molar-refractivity contribution in [3.8, 4) is 0 Å². The number of carbonyl (C=O) groups is 1. The normalized spacial score (nSPS) is 13.1. The molecule has 0 aliphatic rings. The molecule has 3 nitrogen and oxygen atoms in total. The predicted octanol–water partition coefficient (Wildman–Crippen LogP) is 2.56. The quantitative estimate of drug-likeness (QED) is 0.841. The first-order chi connectivity index (χ1) is 8.84. The molecule has 0 radical (unpaired) electrons. The monoisotopic (exact) mass is 276 g/mol. The minimum absolute atomic E-state index is 0.216. The summed E-state index contributed by atoms with van der Waals surface area (Å²) < 4.78 is 41.3. The molecule has 0 heterocycles. The standard InChI is InChI=1S/C13H15F3O3/c1-19-12(18)11(17)4-2-3-9-5-7-10(8-6-9)13(14,15)16/h5-8,11,17H,2-4H2,1H3. The predicted molar refractivity (Wildman–Crippen MR) is 62.4 cm³/mol. The Hall–Kier alpha value is -1.56. The molecule has 0 amide bonds. The van der Waals surface area contributed by atoms with Crippen molar-refractivity contribution in [1.29, 1.82) is 0 Å². The van der Waals surface area contributed by atoms with Gasteiger partial charge >= 0.3 is 12.1 Å². The summed E-state index contributed by atoms with van der Waals surface area (Å²) in [5.74, 6) is -0.701. The summed E-state index contributed by atoms with van der Waals surface area (Å²) in [7, 11) is 1.18. The van der Waals surface area contributed by atoms with Crippen LogP contribution >= 0.6 is 0 Å². The van der Waals surface area contributed by atoms with Crippen LogP contribution in [0.4, 0.5) is 13.2 Å². The lowest BCUT2D eigenvalue weighted by Crippen LogP contribution is -2.21. The van der Waals surface area contributed by atoms with E-state index in [1.807, 2.05) is 0 Å². The molecule has 0 saturated carbocycles. The summed E-state index contributed by atoms with van der Waals surface area (Å²) in [6, 6.07) is 4.83. The third-order valence-corrected chi connectivity index (χ3v) is 2.70. The number of halogens is 3. The number of aliphatic hydroxyl groups is 1. The van der Waals surface area contributed by atoms with Crippen LogP contribution in [0.3, 0.4) is 0 Å². The number of aryl methyl sites for hydroxylation is 1. The molecule has 0 spiro atoms. The van der Waals surface area contributed by atoms with E-state index in [0.717, 1.165) is 17.7 Å². The molecule has 0 saturated heterocycles. The van der Waals surface area contributed by atoms with Crippen molar-refractivity contribution < 1.29 is 27.8 Å². The van der Waals surface area contributed by atoms with Gasteiger partial charge in [0.15, 0.2) is 6.10 Å². The number of hydrogen-bond donors (Lipinski definition) is 1. The minimum atomic E-state index is -4.33. The van der Waals surface area contributed by atoms with E-state index < -0.39 is 23.8 Å². The van der Waals surface area contributed by atoms with Gasteiger partial charge in [-0.3, -0.25) is 0 Å². The minimum Gasteiger partial charge on any atom is -0.467 e. The number of hydrogen-bond acceptors (Lipinski definition) is 3. The molecule has 0 aliphatic heterocycles. The molecule has 0 aliphatic carbocycles. The lowest BCUT2D eigenvalue weighted by atomic mass is 10.0. The van der Waals surface area contributed by atoms with E-state index in [2.05, 4.69) is 4.74 Å². The van der Waals surface area contributed by atoms with Crippen LogP contribution in [0, 0.1) is 0 Å². The number of benzene rings is 1. The van der Waals surface area contributed by atoms with E-state index >= 15 is 0 Å². The van der Waals surface area contributed by atoms with Crippen LogP contribution in [-0.2, 0) is 22.1 Å². The Balaban J connectivity index is 2.45. The van der Waals surface area contributed by atoms with E-state index in [1.54, 1.807) is 0 Å². The van der Waals surface area contributed by atoms with Crippen LogP contribution < -0.4 is 0 Å². The average molecular weight is 276 g/mol. The molecule has 0 aromatic heterocycles. The fourth-order valence-corrected chi connectivity index (χ4v) is 1.61. The number of alkyl halides is 3. The van der Waals surface area contributed by atoms with E-state index in [9.17, 15) is 23.1 Å². The smallest absolute Gasteiger partial charge is 0.416 e. The maximum absolute atomic E-state index is 12.3. The molecule has 0 bridgehead atoms. The highest BCUT2D eigenvalue weighted by molar-refractivity contribution is 5.74. The molecule has 1 N–H and O–H groups in total. The highest BCUT2D eigenvalue weighted by atomic mass is 19.4. The Kier molecular flexibility index (Phi) is 5.35. The number of ether oxygens (including phenoxy) is 1. The second kappa shape index (κ2) is 6.56. The number of carbonyl (C=O) groups excluding carboxylic acids is 1. The maximum Gasteiger partial charge on any atom is 0.416 e. The fourth-order valence-electron chi connectivity index (χ4n) is 1.61. The summed E-state index contributed by atoms with van der Waals surface area (Å²) in [4.78, 5) is 10.9. The topological polar surface area (TPSA) is 46.5 Å². The molecular formula is C13H15F3O3. The van der Waals surface area contributed by atoms with Gasteiger partial charge < -0.3 is 9.84 Å². The van der Waals surface area contributed by atoms with Gasteiger partial charge in [-0.1, -0.05) is 12.1 Å². The Morgan fingerprint density at radius 3 is 2.37 bits per heavy atom. The molecule has 1 unspecified atom stereocenters. The summed E-state index contributed by atoms with van der Waals surface area (Å²) >= 11 is 0. The highest BCUT2D eigenvalue weighted by Crippen LogP contribution is 2.29. The molecule has 0 fully saturated rings. The Morgan fingerprint density at radius 1 is 1.32 bits per heavy atom. The van der Waals surface area contributed by atoms with Crippen molar-refractivity contribution in [2.24, 2.45) is 0 Å². The second-order valence-electron chi connectivity index (χ2n) is 4.13. The van der Waals surface area contributed by atoms with Crippen molar-refractivity contribution in [3.05, 3.63) is 35.4 Å². The fraction of sp³-hybridized carbons (Fsp3) is 0.462. The largest absolute Gasteiger partial charge is 0.467 e. The van der Waals surface area contributed by atoms with Crippen LogP contribution in [0.2, 0.25) is 0 Å². The van der Waals surface area contributed by atoms with Gasteiger partial charge in [0.2, 0.25) is 0 Å². The summed E-state index contributed by atoms with van der Waals surface area (Å²) in [6.45, 7) is 0. The Labute approximate surface area is 109 Å². The third-order valence-electron chi connectivity index (χ3n) is 2.70. The van der Waals surface area contributed by atoms with Crippen LogP contribution in [0.1, 0.15) is 24.0 Å². The first-order valence-corrected chi connectivity index (χ1v) is 5.76. The number of aliphatic hydroxyl groups excluding tert-OH is 1. The first kappa shape index (κ1) is 15.5. The highest BCUT2D eigenvalue weighted by Gasteiger charge is 2.29. The SMILES string of the molecule is COC(=O)C(O)CCCc1ccc(C(F)(F)F)cc1. The van der Waals surface area contributed by atoms with Gasteiger partial charge in [-0.25, -0.2) is 4.79 Å². The maximum atomic E-state index is 12.3. The van der Waals surface area contributed by atoms with Crippen LogP contribution in [0.5, 0.6) is 0 Å². The van der Waals surface area contributed by atoms with Crippen LogP contribution in [-0.4, -0.2) is 24.3 Å². The molecule has 1 aromatic rings. The van der Waals surface area contributed by atoms with Crippen LogP contribution in [0.25, 0.3) is 0 Å². The zero-order valence-electron chi connectivity index (χ0n) is 10.4. The van der Waals surface area contributed by atoms with Crippen molar-refractivity contribution >= 4 is 5.97 Å². The van der Waals surface area contributed by atoms with Gasteiger partial charge in [0.1, 0.15) is 0 Å². The summed E-state index contributed by atoms with van der Waals surface area (Å²) in [6.07, 6.45) is -4.32. The van der Waals surface area contributed by atoms with E-state index in [1.165, 1.54) is 19.2 Å².